The number of carbonyl (C=O) groups excluding carboxylic acids is 1. The van der Waals surface area contributed by atoms with E-state index in [1.165, 1.54) is 5.39 Å². The van der Waals surface area contributed by atoms with Crippen LogP contribution in [0.1, 0.15) is 24.9 Å². The zero-order valence-electron chi connectivity index (χ0n) is 13.0. The highest BCUT2D eigenvalue weighted by Gasteiger charge is 2.10. The van der Waals surface area contributed by atoms with E-state index < -0.39 is 0 Å². The Kier molecular flexibility index (Phi) is 4.68. The van der Waals surface area contributed by atoms with Gasteiger partial charge in [-0.05, 0) is 42.1 Å². The number of amides is 1. The normalized spacial score (nSPS) is 12.3. The Morgan fingerprint density at radius 1 is 1.17 bits per heavy atom. The molecule has 3 nitrogen and oxygen atoms in total. The van der Waals surface area contributed by atoms with Crippen molar-refractivity contribution in [2.45, 2.75) is 25.9 Å². The molecule has 0 aliphatic carbocycles. The molecular formula is C19H19ClN2O. The first-order valence-electron chi connectivity index (χ1n) is 7.72. The van der Waals surface area contributed by atoms with Crippen molar-refractivity contribution in [2.75, 3.05) is 0 Å². The lowest BCUT2D eigenvalue weighted by atomic mass is 10.1. The molecule has 0 fully saturated rings. The molecule has 1 amide bonds. The summed E-state index contributed by atoms with van der Waals surface area (Å²) >= 11 is 5.99. The lowest BCUT2D eigenvalue weighted by Gasteiger charge is -2.15. The van der Waals surface area contributed by atoms with Crippen molar-refractivity contribution in [1.29, 1.82) is 0 Å². The van der Waals surface area contributed by atoms with Gasteiger partial charge in [0.05, 0.1) is 6.04 Å². The van der Waals surface area contributed by atoms with E-state index in [4.69, 9.17) is 11.6 Å². The molecule has 1 N–H and O–H groups in total. The van der Waals surface area contributed by atoms with Crippen LogP contribution in [-0.4, -0.2) is 10.5 Å². The first kappa shape index (κ1) is 15.6. The van der Waals surface area contributed by atoms with Crippen LogP contribution in [0.25, 0.3) is 10.9 Å². The number of nitrogens with one attached hydrogen (secondary N) is 1. The minimum absolute atomic E-state index is 0.0373. The van der Waals surface area contributed by atoms with E-state index in [0.717, 1.165) is 11.1 Å². The van der Waals surface area contributed by atoms with Gasteiger partial charge in [-0.3, -0.25) is 4.79 Å². The van der Waals surface area contributed by atoms with E-state index in [9.17, 15) is 4.79 Å². The van der Waals surface area contributed by atoms with Gasteiger partial charge in [-0.2, -0.15) is 0 Å². The molecule has 3 rings (SSSR count). The summed E-state index contributed by atoms with van der Waals surface area (Å²) in [7, 11) is 0. The average molecular weight is 327 g/mol. The van der Waals surface area contributed by atoms with Crippen LogP contribution in [0, 0.1) is 0 Å². The maximum absolute atomic E-state index is 12.2. The second-order valence-corrected chi connectivity index (χ2v) is 6.10. The Bertz CT molecular complexity index is 825. The molecule has 118 valence electrons. The van der Waals surface area contributed by atoms with Crippen molar-refractivity contribution in [2.24, 2.45) is 0 Å². The van der Waals surface area contributed by atoms with Crippen molar-refractivity contribution in [3.05, 3.63) is 71.4 Å². The summed E-state index contributed by atoms with van der Waals surface area (Å²) in [6.07, 6.45) is 2.47. The van der Waals surface area contributed by atoms with Crippen molar-refractivity contribution in [3.63, 3.8) is 0 Å². The Balaban J connectivity index is 1.59. The van der Waals surface area contributed by atoms with Crippen LogP contribution in [0.5, 0.6) is 0 Å². The van der Waals surface area contributed by atoms with Crippen molar-refractivity contribution in [3.8, 4) is 0 Å². The van der Waals surface area contributed by atoms with E-state index in [0.29, 0.717) is 18.0 Å². The van der Waals surface area contributed by atoms with E-state index in [1.54, 1.807) is 0 Å². The maximum Gasteiger partial charge on any atom is 0.222 e. The molecule has 2 aromatic carbocycles. The summed E-state index contributed by atoms with van der Waals surface area (Å²) < 4.78 is 2.11. The van der Waals surface area contributed by atoms with Crippen molar-refractivity contribution >= 4 is 28.4 Å². The Hall–Kier alpha value is -2.26. The number of para-hydroxylation sites is 1. The first-order chi connectivity index (χ1) is 11.1. The molecule has 23 heavy (non-hydrogen) atoms. The predicted octanol–water partition coefficient (Wildman–Crippen LogP) is 4.56. The van der Waals surface area contributed by atoms with Gasteiger partial charge in [0.2, 0.25) is 5.91 Å². The van der Waals surface area contributed by atoms with Gasteiger partial charge < -0.3 is 9.88 Å². The summed E-state index contributed by atoms with van der Waals surface area (Å²) in [5, 5.41) is 4.90. The van der Waals surface area contributed by atoms with Gasteiger partial charge in [-0.15, -0.1) is 0 Å². The quantitative estimate of drug-likeness (QED) is 0.732. The highest BCUT2D eigenvalue weighted by molar-refractivity contribution is 6.30. The molecule has 4 heteroatoms. The van der Waals surface area contributed by atoms with Gasteiger partial charge in [0, 0.05) is 29.7 Å². The lowest BCUT2D eigenvalue weighted by Crippen LogP contribution is -2.27. The number of rotatable bonds is 5. The Morgan fingerprint density at radius 2 is 2.00 bits per heavy atom. The number of hydrogen-bond acceptors (Lipinski definition) is 1. The number of benzene rings is 2. The van der Waals surface area contributed by atoms with Gasteiger partial charge >= 0.3 is 0 Å². The van der Waals surface area contributed by atoms with Gasteiger partial charge in [-0.25, -0.2) is 0 Å². The summed E-state index contributed by atoms with van der Waals surface area (Å²) in [5.41, 5.74) is 2.17. The van der Waals surface area contributed by atoms with Crippen LogP contribution < -0.4 is 5.32 Å². The van der Waals surface area contributed by atoms with Gasteiger partial charge in [0.15, 0.2) is 0 Å². The van der Waals surface area contributed by atoms with Gasteiger partial charge in [-0.1, -0.05) is 41.9 Å². The fourth-order valence-electron chi connectivity index (χ4n) is 2.73. The van der Waals surface area contributed by atoms with E-state index in [1.807, 2.05) is 49.5 Å². The number of carbonyl (C=O) groups is 1. The fourth-order valence-corrected chi connectivity index (χ4v) is 2.93. The number of halogens is 1. The molecule has 1 heterocycles. The molecule has 0 saturated carbocycles. The standard InChI is InChI=1S/C19H19ClN2O/c1-14(16-6-4-7-17(20)13-16)21-19(23)10-12-22-11-9-15-5-2-3-8-18(15)22/h2-9,11,13-14H,10,12H2,1H3,(H,21,23)/t14-/m0/s1. The third-order valence-corrected chi connectivity index (χ3v) is 4.22. The molecule has 0 spiro atoms. The minimum Gasteiger partial charge on any atom is -0.350 e. The largest absolute Gasteiger partial charge is 0.350 e. The van der Waals surface area contributed by atoms with Crippen molar-refractivity contribution < 1.29 is 4.79 Å². The van der Waals surface area contributed by atoms with E-state index >= 15 is 0 Å². The van der Waals surface area contributed by atoms with Crippen LogP contribution in [0.2, 0.25) is 5.02 Å². The SMILES string of the molecule is C[C@H](NC(=O)CCn1ccc2ccccc21)c1cccc(Cl)c1. The number of hydrogen-bond donors (Lipinski definition) is 1. The molecule has 0 radical (unpaired) electrons. The van der Waals surface area contributed by atoms with Crippen LogP contribution >= 0.6 is 11.6 Å². The summed E-state index contributed by atoms with van der Waals surface area (Å²) in [4.78, 5) is 12.2. The Morgan fingerprint density at radius 3 is 2.83 bits per heavy atom. The second-order valence-electron chi connectivity index (χ2n) is 5.66. The lowest BCUT2D eigenvalue weighted by molar-refractivity contribution is -0.121. The van der Waals surface area contributed by atoms with Crippen molar-refractivity contribution in [1.82, 2.24) is 9.88 Å². The molecule has 0 aliphatic heterocycles. The van der Waals surface area contributed by atoms with Gasteiger partial charge in [0.1, 0.15) is 0 Å². The van der Waals surface area contributed by atoms with Crippen LogP contribution in [0.4, 0.5) is 0 Å². The summed E-state index contributed by atoms with van der Waals surface area (Å²) in [5.74, 6) is 0.0373. The number of nitrogens with zero attached hydrogens (tertiary/aromatic N) is 1. The highest BCUT2D eigenvalue weighted by Crippen LogP contribution is 2.18. The third kappa shape index (κ3) is 3.74. The minimum atomic E-state index is -0.0531. The molecule has 1 aromatic heterocycles. The van der Waals surface area contributed by atoms with Gasteiger partial charge in [0.25, 0.3) is 0 Å². The summed E-state index contributed by atoms with van der Waals surface area (Å²) in [6, 6.07) is 17.8. The number of fused-ring (bicyclic) bond motifs is 1. The second kappa shape index (κ2) is 6.88. The topological polar surface area (TPSA) is 34.0 Å². The summed E-state index contributed by atoms with van der Waals surface area (Å²) in [6.45, 7) is 2.64. The number of aromatic nitrogens is 1. The molecule has 1 atom stereocenters. The van der Waals surface area contributed by atoms with Crippen LogP contribution in [0.15, 0.2) is 60.8 Å². The number of aryl methyl sites for hydroxylation is 1. The zero-order valence-corrected chi connectivity index (χ0v) is 13.8. The molecule has 0 aliphatic rings. The highest BCUT2D eigenvalue weighted by atomic mass is 35.5. The maximum atomic E-state index is 12.2. The first-order valence-corrected chi connectivity index (χ1v) is 8.10. The van der Waals surface area contributed by atoms with Crippen LogP contribution in [-0.2, 0) is 11.3 Å². The monoisotopic (exact) mass is 326 g/mol. The van der Waals surface area contributed by atoms with Crippen LogP contribution in [0.3, 0.4) is 0 Å². The smallest absolute Gasteiger partial charge is 0.222 e. The van der Waals surface area contributed by atoms with E-state index in [-0.39, 0.29) is 11.9 Å². The third-order valence-electron chi connectivity index (χ3n) is 3.99. The average Bonchev–Trinajstić information content (AvgIpc) is 2.96. The zero-order chi connectivity index (χ0) is 16.2. The molecular weight excluding hydrogens is 308 g/mol. The molecule has 3 aromatic rings. The Labute approximate surface area is 140 Å². The predicted molar refractivity (Wildman–Crippen MR) is 94.6 cm³/mol. The fraction of sp³-hybridized carbons (Fsp3) is 0.211. The molecule has 0 bridgehead atoms. The molecule has 0 unspecified atom stereocenters. The van der Waals surface area contributed by atoms with E-state index in [2.05, 4.69) is 28.1 Å². The molecule has 0 saturated heterocycles.